The molecule has 2 amide bonds. The molecule has 5 nitrogen and oxygen atoms in total. The van der Waals surface area contributed by atoms with Crippen molar-refractivity contribution >= 4 is 23.4 Å². The molecule has 1 aliphatic heterocycles. The molecule has 1 heterocycles. The van der Waals surface area contributed by atoms with Crippen LogP contribution in [0.5, 0.6) is 0 Å². The standard InChI is InChI=1S/C14H18ClN3O2/c1-9-6-18(7-12(9)16)8-13(19)17-14(20)10-4-2-3-5-11(10)15/h2-5,9,12H,6-8,16H2,1H3,(H,17,19,20). The van der Waals surface area contributed by atoms with Gasteiger partial charge in [-0.05, 0) is 18.1 Å². The maximum absolute atomic E-state index is 11.9. The average molecular weight is 296 g/mol. The second-order valence-corrected chi connectivity index (χ2v) is 5.60. The number of amides is 2. The first-order chi connectivity index (χ1) is 9.47. The van der Waals surface area contributed by atoms with Crippen molar-refractivity contribution in [3.63, 3.8) is 0 Å². The Kier molecular flexibility index (Phi) is 4.75. The van der Waals surface area contributed by atoms with E-state index in [1.165, 1.54) is 0 Å². The summed E-state index contributed by atoms with van der Waals surface area (Å²) in [5.74, 6) is -0.449. The first-order valence-corrected chi connectivity index (χ1v) is 6.92. The summed E-state index contributed by atoms with van der Waals surface area (Å²) >= 11 is 5.91. The maximum atomic E-state index is 11.9. The Morgan fingerprint density at radius 3 is 2.70 bits per heavy atom. The molecule has 108 valence electrons. The summed E-state index contributed by atoms with van der Waals surface area (Å²) in [6.45, 7) is 3.68. The van der Waals surface area contributed by atoms with Gasteiger partial charge in [-0.2, -0.15) is 0 Å². The number of carbonyl (C=O) groups excluding carboxylic acids is 2. The van der Waals surface area contributed by atoms with E-state index in [9.17, 15) is 9.59 Å². The topological polar surface area (TPSA) is 75.4 Å². The van der Waals surface area contributed by atoms with Crippen LogP contribution in [-0.4, -0.2) is 42.4 Å². The number of likely N-dealkylation sites (tertiary alicyclic amines) is 1. The lowest BCUT2D eigenvalue weighted by atomic mass is 10.1. The predicted molar refractivity (Wildman–Crippen MR) is 77.5 cm³/mol. The number of nitrogens with two attached hydrogens (primary N) is 1. The molecule has 3 N–H and O–H groups in total. The third-order valence-corrected chi connectivity index (χ3v) is 3.81. The van der Waals surface area contributed by atoms with E-state index in [0.717, 1.165) is 6.54 Å². The van der Waals surface area contributed by atoms with E-state index in [-0.39, 0.29) is 18.5 Å². The van der Waals surface area contributed by atoms with Crippen molar-refractivity contribution in [2.75, 3.05) is 19.6 Å². The van der Waals surface area contributed by atoms with Gasteiger partial charge in [-0.15, -0.1) is 0 Å². The van der Waals surface area contributed by atoms with Crippen LogP contribution in [0.3, 0.4) is 0 Å². The van der Waals surface area contributed by atoms with E-state index in [4.69, 9.17) is 17.3 Å². The highest BCUT2D eigenvalue weighted by atomic mass is 35.5. The normalized spacial score (nSPS) is 22.8. The van der Waals surface area contributed by atoms with Gasteiger partial charge >= 0.3 is 0 Å². The fourth-order valence-electron chi connectivity index (χ4n) is 2.31. The van der Waals surface area contributed by atoms with Crippen LogP contribution in [0.1, 0.15) is 17.3 Å². The molecule has 1 fully saturated rings. The Bertz CT molecular complexity index is 511. The van der Waals surface area contributed by atoms with Gasteiger partial charge in [-0.25, -0.2) is 0 Å². The smallest absolute Gasteiger partial charge is 0.259 e. The number of nitrogens with one attached hydrogen (secondary N) is 1. The van der Waals surface area contributed by atoms with Crippen LogP contribution < -0.4 is 11.1 Å². The molecule has 0 radical (unpaired) electrons. The minimum absolute atomic E-state index is 0.0852. The van der Waals surface area contributed by atoms with Gasteiger partial charge in [0.1, 0.15) is 0 Å². The molecular weight excluding hydrogens is 278 g/mol. The van der Waals surface area contributed by atoms with Gasteiger partial charge in [-0.3, -0.25) is 19.8 Å². The predicted octanol–water partition coefficient (Wildman–Crippen LogP) is 0.875. The molecule has 1 aromatic carbocycles. The maximum Gasteiger partial charge on any atom is 0.259 e. The molecular formula is C14H18ClN3O2. The summed E-state index contributed by atoms with van der Waals surface area (Å²) in [4.78, 5) is 25.7. The van der Waals surface area contributed by atoms with Gasteiger partial charge in [0.25, 0.3) is 5.91 Å². The molecule has 2 rings (SSSR count). The SMILES string of the molecule is CC1CN(CC(=O)NC(=O)c2ccccc2Cl)CC1N. The lowest BCUT2D eigenvalue weighted by Gasteiger charge is -2.14. The highest BCUT2D eigenvalue weighted by molar-refractivity contribution is 6.34. The lowest BCUT2D eigenvalue weighted by Crippen LogP contribution is -2.40. The van der Waals surface area contributed by atoms with Crippen molar-refractivity contribution in [3.05, 3.63) is 34.9 Å². The number of halogens is 1. The molecule has 1 aromatic rings. The molecule has 0 spiro atoms. The zero-order chi connectivity index (χ0) is 14.7. The highest BCUT2D eigenvalue weighted by Gasteiger charge is 2.28. The fraction of sp³-hybridized carbons (Fsp3) is 0.429. The number of benzene rings is 1. The monoisotopic (exact) mass is 295 g/mol. The third-order valence-electron chi connectivity index (χ3n) is 3.48. The molecule has 0 bridgehead atoms. The summed E-state index contributed by atoms with van der Waals surface area (Å²) in [6, 6.07) is 6.71. The minimum atomic E-state index is -0.475. The molecule has 0 saturated carbocycles. The van der Waals surface area contributed by atoms with Crippen LogP contribution in [0, 0.1) is 5.92 Å². The van der Waals surface area contributed by atoms with Gasteiger partial charge in [0.05, 0.1) is 17.1 Å². The highest BCUT2D eigenvalue weighted by Crippen LogP contribution is 2.15. The van der Waals surface area contributed by atoms with Crippen molar-refractivity contribution in [1.29, 1.82) is 0 Å². The Morgan fingerprint density at radius 2 is 2.10 bits per heavy atom. The molecule has 20 heavy (non-hydrogen) atoms. The Morgan fingerprint density at radius 1 is 1.40 bits per heavy atom. The van der Waals surface area contributed by atoms with Crippen LogP contribution in [-0.2, 0) is 4.79 Å². The minimum Gasteiger partial charge on any atom is -0.326 e. The van der Waals surface area contributed by atoms with Gasteiger partial charge in [0, 0.05) is 19.1 Å². The second-order valence-electron chi connectivity index (χ2n) is 5.19. The summed E-state index contributed by atoms with van der Waals surface area (Å²) in [6.07, 6.45) is 0. The van der Waals surface area contributed by atoms with Gasteiger partial charge in [0.2, 0.25) is 5.91 Å². The number of imide groups is 1. The van der Waals surface area contributed by atoms with E-state index < -0.39 is 5.91 Å². The molecule has 0 aliphatic carbocycles. The number of carbonyl (C=O) groups is 2. The van der Waals surface area contributed by atoms with Crippen LogP contribution in [0.2, 0.25) is 5.02 Å². The largest absolute Gasteiger partial charge is 0.326 e. The third kappa shape index (κ3) is 3.56. The van der Waals surface area contributed by atoms with Crippen LogP contribution in [0.25, 0.3) is 0 Å². The van der Waals surface area contributed by atoms with Crippen LogP contribution >= 0.6 is 11.6 Å². The van der Waals surface area contributed by atoms with Crippen molar-refractivity contribution in [3.8, 4) is 0 Å². The van der Waals surface area contributed by atoms with E-state index in [2.05, 4.69) is 12.2 Å². The van der Waals surface area contributed by atoms with Crippen molar-refractivity contribution in [2.45, 2.75) is 13.0 Å². The van der Waals surface area contributed by atoms with Crippen molar-refractivity contribution < 1.29 is 9.59 Å². The quantitative estimate of drug-likeness (QED) is 0.868. The van der Waals surface area contributed by atoms with Crippen molar-refractivity contribution in [2.24, 2.45) is 11.7 Å². The van der Waals surface area contributed by atoms with Gasteiger partial charge in [0.15, 0.2) is 0 Å². The zero-order valence-electron chi connectivity index (χ0n) is 11.3. The first kappa shape index (κ1) is 15.0. The Hall–Kier alpha value is -1.43. The van der Waals surface area contributed by atoms with Crippen LogP contribution in [0.4, 0.5) is 0 Å². The Labute approximate surface area is 123 Å². The van der Waals surface area contributed by atoms with Crippen LogP contribution in [0.15, 0.2) is 24.3 Å². The zero-order valence-corrected chi connectivity index (χ0v) is 12.1. The summed E-state index contributed by atoms with van der Waals surface area (Å²) in [5.41, 5.74) is 6.20. The van der Waals surface area contributed by atoms with E-state index in [1.54, 1.807) is 24.3 Å². The Balaban J connectivity index is 1.89. The number of hydrogen-bond donors (Lipinski definition) is 2. The molecule has 0 aromatic heterocycles. The van der Waals surface area contributed by atoms with E-state index >= 15 is 0 Å². The lowest BCUT2D eigenvalue weighted by molar-refractivity contribution is -0.121. The average Bonchev–Trinajstić information content (AvgIpc) is 2.68. The molecule has 1 saturated heterocycles. The van der Waals surface area contributed by atoms with Gasteiger partial charge < -0.3 is 5.73 Å². The van der Waals surface area contributed by atoms with Crippen molar-refractivity contribution in [1.82, 2.24) is 10.2 Å². The molecule has 2 unspecified atom stereocenters. The number of nitrogens with zero attached hydrogens (tertiary/aromatic N) is 1. The van der Waals surface area contributed by atoms with E-state index in [0.29, 0.717) is 23.0 Å². The summed E-state index contributed by atoms with van der Waals surface area (Å²) in [5, 5.41) is 2.68. The summed E-state index contributed by atoms with van der Waals surface area (Å²) < 4.78 is 0. The molecule has 6 heteroatoms. The first-order valence-electron chi connectivity index (χ1n) is 6.54. The summed E-state index contributed by atoms with van der Waals surface area (Å²) in [7, 11) is 0. The molecule has 2 atom stereocenters. The molecule has 1 aliphatic rings. The number of rotatable bonds is 3. The fourth-order valence-corrected chi connectivity index (χ4v) is 2.53. The van der Waals surface area contributed by atoms with E-state index in [1.807, 2.05) is 4.90 Å². The van der Waals surface area contributed by atoms with Gasteiger partial charge in [-0.1, -0.05) is 30.7 Å². The second kappa shape index (κ2) is 6.35. The number of hydrogen-bond acceptors (Lipinski definition) is 4.